The Bertz CT molecular complexity index is 1290. The number of benzene rings is 2. The second kappa shape index (κ2) is 9.04. The summed E-state index contributed by atoms with van der Waals surface area (Å²) >= 11 is 0. The topological polar surface area (TPSA) is 84.0 Å². The van der Waals surface area contributed by atoms with Crippen LogP contribution in [0.25, 0.3) is 0 Å². The lowest BCUT2D eigenvalue weighted by Gasteiger charge is -2.22. The van der Waals surface area contributed by atoms with Gasteiger partial charge in [-0.25, -0.2) is 4.90 Å². The second-order valence-corrected chi connectivity index (χ2v) is 10.3. The molecule has 2 saturated heterocycles. The van der Waals surface area contributed by atoms with Crippen LogP contribution in [0.4, 0.5) is 11.4 Å². The smallest absolute Gasteiger partial charge is 0.316 e. The fourth-order valence-electron chi connectivity index (χ4n) is 5.75. The predicted molar refractivity (Wildman–Crippen MR) is 136 cm³/mol. The van der Waals surface area contributed by atoms with Crippen LogP contribution in [0.1, 0.15) is 36.5 Å². The van der Waals surface area contributed by atoms with Gasteiger partial charge in [0.25, 0.3) is 0 Å². The van der Waals surface area contributed by atoms with Crippen LogP contribution < -0.4 is 14.5 Å². The maximum Gasteiger partial charge on any atom is 0.316 e. The van der Waals surface area contributed by atoms with E-state index in [0.717, 1.165) is 16.8 Å². The second-order valence-electron chi connectivity index (χ2n) is 10.3. The molecule has 0 spiro atoms. The number of allylic oxidation sites excluding steroid dienone is 2. The number of aryl methyl sites for hydroxylation is 3. The monoisotopic (exact) mass is 486 g/mol. The highest BCUT2D eigenvalue weighted by atomic mass is 16.5. The number of anilines is 2. The van der Waals surface area contributed by atoms with E-state index in [-0.39, 0.29) is 48.4 Å². The summed E-state index contributed by atoms with van der Waals surface area (Å²) in [5.41, 5.74) is 4.08. The van der Waals surface area contributed by atoms with Gasteiger partial charge in [-0.1, -0.05) is 25.1 Å². The highest BCUT2D eigenvalue weighted by molar-refractivity contribution is 6.22. The summed E-state index contributed by atoms with van der Waals surface area (Å²) in [6, 6.07) is 10.8. The number of carbonyl (C=O) groups is 4. The van der Waals surface area contributed by atoms with Crippen molar-refractivity contribution >= 4 is 35.1 Å². The molecule has 0 N–H and O–H groups in total. The third-order valence-corrected chi connectivity index (χ3v) is 7.48. The molecular formula is C29H30N2O5. The summed E-state index contributed by atoms with van der Waals surface area (Å²) in [6.45, 7) is 7.97. The van der Waals surface area contributed by atoms with Crippen molar-refractivity contribution in [1.82, 2.24) is 0 Å². The lowest BCUT2D eigenvalue weighted by molar-refractivity contribution is -0.139. The molecule has 0 radical (unpaired) electrons. The third-order valence-electron chi connectivity index (χ3n) is 7.48. The molecule has 0 saturated carbocycles. The summed E-state index contributed by atoms with van der Waals surface area (Å²) in [4.78, 5) is 54.7. The fourth-order valence-corrected chi connectivity index (χ4v) is 5.75. The van der Waals surface area contributed by atoms with E-state index in [0.29, 0.717) is 23.4 Å². The van der Waals surface area contributed by atoms with Gasteiger partial charge in [-0.2, -0.15) is 0 Å². The number of ether oxygens (including phenoxy) is 1. The van der Waals surface area contributed by atoms with E-state index in [2.05, 4.69) is 0 Å². The quantitative estimate of drug-likeness (QED) is 0.279. The minimum atomic E-state index is -0.572. The molecule has 7 heteroatoms. The summed E-state index contributed by atoms with van der Waals surface area (Å²) in [7, 11) is 0. The van der Waals surface area contributed by atoms with Crippen LogP contribution in [0.15, 0.2) is 48.6 Å². The van der Waals surface area contributed by atoms with Gasteiger partial charge in [0, 0.05) is 18.7 Å². The number of nitrogens with zero attached hydrogens (tertiary/aromatic N) is 2. The summed E-state index contributed by atoms with van der Waals surface area (Å²) in [5, 5.41) is 0. The van der Waals surface area contributed by atoms with Gasteiger partial charge in [0.2, 0.25) is 17.7 Å². The molecule has 1 aliphatic carbocycles. The number of hydrogen-bond donors (Lipinski definition) is 0. The van der Waals surface area contributed by atoms with Crippen molar-refractivity contribution in [3.05, 3.63) is 65.2 Å². The number of imide groups is 1. The first-order valence-electron chi connectivity index (χ1n) is 12.4. The molecule has 0 bridgehead atoms. The predicted octanol–water partition coefficient (Wildman–Crippen LogP) is 4.27. The normalized spacial score (nSPS) is 25.5. The number of hydrogen-bond acceptors (Lipinski definition) is 5. The van der Waals surface area contributed by atoms with Gasteiger partial charge in [-0.15, -0.1) is 0 Å². The maximum atomic E-state index is 13.1. The summed E-state index contributed by atoms with van der Waals surface area (Å²) in [5.74, 6) is -1.82. The lowest BCUT2D eigenvalue weighted by Crippen LogP contribution is -2.32. The minimum Gasteiger partial charge on any atom is -0.426 e. The van der Waals surface area contributed by atoms with Crippen LogP contribution in [0.2, 0.25) is 0 Å². The number of rotatable bonds is 4. The fraction of sp³-hybridized carbons (Fsp3) is 0.379. The van der Waals surface area contributed by atoms with Crippen LogP contribution in [0.5, 0.6) is 5.75 Å². The lowest BCUT2D eigenvalue weighted by atomic mass is 9.78. The van der Waals surface area contributed by atoms with E-state index in [4.69, 9.17) is 4.74 Å². The highest BCUT2D eigenvalue weighted by Crippen LogP contribution is 2.41. The molecule has 3 amide bonds. The molecule has 36 heavy (non-hydrogen) atoms. The van der Waals surface area contributed by atoms with Gasteiger partial charge in [0.15, 0.2) is 0 Å². The van der Waals surface area contributed by atoms with Crippen LogP contribution in [0.3, 0.4) is 0 Å². The van der Waals surface area contributed by atoms with Gasteiger partial charge in [0.05, 0.1) is 23.4 Å². The van der Waals surface area contributed by atoms with Crippen LogP contribution in [-0.2, 0) is 19.2 Å². The van der Waals surface area contributed by atoms with E-state index >= 15 is 0 Å². The maximum absolute atomic E-state index is 13.1. The van der Waals surface area contributed by atoms with E-state index in [1.54, 1.807) is 30.0 Å². The van der Waals surface area contributed by atoms with Crippen molar-refractivity contribution in [1.29, 1.82) is 0 Å². The van der Waals surface area contributed by atoms with E-state index in [1.807, 2.05) is 51.1 Å². The van der Waals surface area contributed by atoms with Crippen molar-refractivity contribution in [2.45, 2.75) is 40.5 Å². The Morgan fingerprint density at radius 3 is 2.36 bits per heavy atom. The first kappa shape index (κ1) is 24.0. The Hall–Kier alpha value is -3.74. The average molecular weight is 487 g/mol. The van der Waals surface area contributed by atoms with Gasteiger partial charge in [-0.05, 0) is 80.1 Å². The van der Waals surface area contributed by atoms with Crippen molar-refractivity contribution in [3.8, 4) is 5.75 Å². The number of esters is 1. The van der Waals surface area contributed by atoms with Crippen molar-refractivity contribution < 1.29 is 23.9 Å². The molecule has 2 aromatic carbocycles. The number of amides is 3. The summed E-state index contributed by atoms with van der Waals surface area (Å²) in [6.07, 6.45) is 4.64. The van der Waals surface area contributed by atoms with Crippen molar-refractivity contribution in [2.24, 2.45) is 23.7 Å². The summed E-state index contributed by atoms with van der Waals surface area (Å²) < 4.78 is 5.63. The Morgan fingerprint density at radius 1 is 0.972 bits per heavy atom. The first-order chi connectivity index (χ1) is 17.1. The number of fused-ring (bicyclic) bond motifs is 1. The molecule has 2 heterocycles. The Morgan fingerprint density at radius 2 is 1.69 bits per heavy atom. The van der Waals surface area contributed by atoms with E-state index in [9.17, 15) is 19.2 Å². The minimum absolute atomic E-state index is 0.0168. The third kappa shape index (κ3) is 4.12. The Balaban J connectivity index is 1.29. The zero-order valence-electron chi connectivity index (χ0n) is 21.0. The first-order valence-corrected chi connectivity index (χ1v) is 12.4. The largest absolute Gasteiger partial charge is 0.426 e. The molecule has 2 aromatic rings. The molecule has 0 aromatic heterocycles. The Kier molecular flexibility index (Phi) is 6.02. The SMILES string of the molecule is Cc1cc(C)cc(N2C[C@@H](C(=O)Oc3ccc(N4C(=O)[C@H]5[C@@H](C)C=CC[C@H]5C4=O)c(C)c3)CC2=O)c1. The zero-order chi connectivity index (χ0) is 25.7. The zero-order valence-corrected chi connectivity index (χ0v) is 21.0. The van der Waals surface area contributed by atoms with Gasteiger partial charge < -0.3 is 9.64 Å². The van der Waals surface area contributed by atoms with Crippen LogP contribution in [0, 0.1) is 44.4 Å². The Labute approximate surface area is 210 Å². The number of carbonyl (C=O) groups excluding carboxylic acids is 4. The molecule has 5 rings (SSSR count). The van der Waals surface area contributed by atoms with Gasteiger partial charge in [-0.3, -0.25) is 19.2 Å². The average Bonchev–Trinajstić information content (AvgIpc) is 3.32. The van der Waals surface area contributed by atoms with E-state index in [1.165, 1.54) is 4.90 Å². The molecule has 0 unspecified atom stereocenters. The molecule has 4 atom stereocenters. The molecule has 7 nitrogen and oxygen atoms in total. The van der Waals surface area contributed by atoms with Crippen molar-refractivity contribution in [2.75, 3.05) is 16.3 Å². The van der Waals surface area contributed by atoms with Crippen LogP contribution >= 0.6 is 0 Å². The van der Waals surface area contributed by atoms with Crippen LogP contribution in [-0.4, -0.2) is 30.2 Å². The molecule has 2 fully saturated rings. The molecule has 2 aliphatic heterocycles. The standard InChI is InChI=1S/C29H30N2O5/c1-16-10-17(2)12-21(11-16)30-15-20(14-25(30)32)29(35)36-22-8-9-24(19(4)13-22)31-27(33)23-7-5-6-18(3)26(23)28(31)34/h5-6,8-13,18,20,23,26H,7,14-15H2,1-4H3/t18-,20-,23+,26-/m0/s1. The molecule has 186 valence electrons. The highest BCUT2D eigenvalue weighted by Gasteiger charge is 2.50. The molecule has 3 aliphatic rings. The van der Waals surface area contributed by atoms with E-state index < -0.39 is 11.9 Å². The molecular weight excluding hydrogens is 456 g/mol. The van der Waals surface area contributed by atoms with Gasteiger partial charge in [0.1, 0.15) is 5.75 Å². The van der Waals surface area contributed by atoms with Gasteiger partial charge >= 0.3 is 5.97 Å². The van der Waals surface area contributed by atoms with Crippen molar-refractivity contribution in [3.63, 3.8) is 0 Å².